The van der Waals surface area contributed by atoms with Crippen molar-refractivity contribution >= 4 is 57.7 Å². The average Bonchev–Trinajstić information content (AvgIpc) is 2.45. The Morgan fingerprint density at radius 1 is 1.32 bits per heavy atom. The van der Waals surface area contributed by atoms with E-state index in [4.69, 9.17) is 0 Å². The van der Waals surface area contributed by atoms with Crippen molar-refractivity contribution < 1.29 is 0 Å². The van der Waals surface area contributed by atoms with E-state index in [9.17, 15) is 0 Å². The van der Waals surface area contributed by atoms with Gasteiger partial charge in [0.15, 0.2) is 4.38 Å². The lowest BCUT2D eigenvalue weighted by Crippen LogP contribution is -1.95. The van der Waals surface area contributed by atoms with Crippen molar-refractivity contribution in [3.63, 3.8) is 0 Å². The molecular weight excluding hydrogens is 296 g/mol. The number of para-hydroxylation sites is 1. The molecule has 0 saturated carbocycles. The minimum Gasteiger partial charge on any atom is -0.256 e. The molecule has 98 valence electrons. The standard InChI is InChI=1S/C12H12N4S3/c1-13-15-12(19-16-17-2)18-11-7-8-14-10-6-4-3-5-9(10)11/h3-8,16H,1H2,2H3/b15-12-. The molecule has 0 aliphatic carbocycles. The molecule has 7 heteroatoms. The highest BCUT2D eigenvalue weighted by Gasteiger charge is 2.07. The number of pyridine rings is 1. The summed E-state index contributed by atoms with van der Waals surface area (Å²) in [5.74, 6) is 0. The van der Waals surface area contributed by atoms with Crippen molar-refractivity contribution in [3.8, 4) is 0 Å². The van der Waals surface area contributed by atoms with Crippen LogP contribution < -0.4 is 4.13 Å². The SMILES string of the molecule is C=N/N=C(\SNSC)Sc1ccnc2ccccc12. The normalized spacial score (nSPS) is 11.7. The molecule has 0 unspecified atom stereocenters. The van der Waals surface area contributed by atoms with Crippen molar-refractivity contribution in [2.45, 2.75) is 4.90 Å². The maximum Gasteiger partial charge on any atom is 0.173 e. The summed E-state index contributed by atoms with van der Waals surface area (Å²) in [7, 11) is 0. The highest BCUT2D eigenvalue weighted by atomic mass is 32.2. The number of nitrogens with zero attached hydrogens (tertiary/aromatic N) is 3. The molecule has 0 saturated heterocycles. The zero-order chi connectivity index (χ0) is 13.5. The summed E-state index contributed by atoms with van der Waals surface area (Å²) in [5.41, 5.74) is 0.973. The molecule has 1 N–H and O–H groups in total. The lowest BCUT2D eigenvalue weighted by molar-refractivity contribution is 1.29. The molecule has 0 amide bonds. The summed E-state index contributed by atoms with van der Waals surface area (Å²) in [6.45, 7) is 3.40. The lowest BCUT2D eigenvalue weighted by atomic mass is 10.2. The van der Waals surface area contributed by atoms with E-state index in [-0.39, 0.29) is 0 Å². The molecule has 1 heterocycles. The second-order valence-corrected chi connectivity index (χ2v) is 6.28. The summed E-state index contributed by atoms with van der Waals surface area (Å²) in [6, 6.07) is 10.0. The topological polar surface area (TPSA) is 49.6 Å². The molecule has 0 aliphatic heterocycles. The quantitative estimate of drug-likeness (QED) is 0.306. The van der Waals surface area contributed by atoms with E-state index in [0.29, 0.717) is 0 Å². The van der Waals surface area contributed by atoms with E-state index in [1.807, 2.05) is 30.5 Å². The van der Waals surface area contributed by atoms with Crippen LogP contribution in [0.5, 0.6) is 0 Å². The minimum atomic E-state index is 0.792. The minimum absolute atomic E-state index is 0.792. The fourth-order valence-corrected chi connectivity index (χ4v) is 3.61. The maximum absolute atomic E-state index is 4.34. The van der Waals surface area contributed by atoms with E-state index in [0.717, 1.165) is 20.2 Å². The lowest BCUT2D eigenvalue weighted by Gasteiger charge is -2.06. The van der Waals surface area contributed by atoms with Crippen molar-refractivity contribution in [2.24, 2.45) is 10.2 Å². The Labute approximate surface area is 124 Å². The predicted octanol–water partition coefficient (Wildman–Crippen LogP) is 3.81. The fourth-order valence-electron chi connectivity index (χ4n) is 1.45. The Morgan fingerprint density at radius 2 is 2.16 bits per heavy atom. The molecule has 19 heavy (non-hydrogen) atoms. The summed E-state index contributed by atoms with van der Waals surface area (Å²) >= 11 is 4.48. The second-order valence-electron chi connectivity index (χ2n) is 3.33. The van der Waals surface area contributed by atoms with E-state index in [1.165, 1.54) is 23.9 Å². The number of thioether (sulfide) groups is 1. The molecular formula is C12H12N4S3. The van der Waals surface area contributed by atoms with Gasteiger partial charge in [-0.05, 0) is 30.3 Å². The van der Waals surface area contributed by atoms with Gasteiger partial charge in [-0.25, -0.2) is 4.13 Å². The Bertz CT molecular complexity index is 595. The van der Waals surface area contributed by atoms with Crippen LogP contribution in [0.1, 0.15) is 0 Å². The zero-order valence-electron chi connectivity index (χ0n) is 10.2. The molecule has 0 aliphatic rings. The molecule has 0 atom stereocenters. The number of rotatable bonds is 4. The second kappa shape index (κ2) is 7.54. The third-order valence-electron chi connectivity index (χ3n) is 2.17. The van der Waals surface area contributed by atoms with Crippen molar-refractivity contribution in [3.05, 3.63) is 36.5 Å². The van der Waals surface area contributed by atoms with Gasteiger partial charge in [-0.2, -0.15) is 5.10 Å². The van der Waals surface area contributed by atoms with Gasteiger partial charge >= 0.3 is 0 Å². The van der Waals surface area contributed by atoms with Gasteiger partial charge < -0.3 is 0 Å². The highest BCUT2D eigenvalue weighted by molar-refractivity contribution is 8.40. The molecule has 1 aromatic heterocycles. The summed E-state index contributed by atoms with van der Waals surface area (Å²) in [4.78, 5) is 5.44. The Hall–Kier alpha value is -1.02. The molecule has 0 bridgehead atoms. The molecule has 2 aromatic rings. The number of aromatic nitrogens is 1. The van der Waals surface area contributed by atoms with Crippen LogP contribution in [-0.2, 0) is 0 Å². The van der Waals surface area contributed by atoms with Crippen LogP contribution in [0.15, 0.2) is 51.6 Å². The average molecular weight is 308 g/mol. The van der Waals surface area contributed by atoms with Crippen molar-refractivity contribution in [2.75, 3.05) is 6.26 Å². The first kappa shape index (κ1) is 14.4. The first-order valence-corrected chi connectivity index (χ1v) is 8.21. The van der Waals surface area contributed by atoms with Crippen molar-refractivity contribution in [1.29, 1.82) is 0 Å². The van der Waals surface area contributed by atoms with Crippen LogP contribution >= 0.6 is 35.7 Å². The van der Waals surface area contributed by atoms with Crippen LogP contribution in [0.4, 0.5) is 0 Å². The summed E-state index contributed by atoms with van der Waals surface area (Å²) in [5, 5.41) is 8.73. The van der Waals surface area contributed by atoms with Crippen LogP contribution in [0, 0.1) is 0 Å². The third-order valence-corrected chi connectivity index (χ3v) is 4.76. The highest BCUT2D eigenvalue weighted by Crippen LogP contribution is 2.30. The van der Waals surface area contributed by atoms with E-state index in [1.54, 1.807) is 18.0 Å². The van der Waals surface area contributed by atoms with Gasteiger partial charge in [0, 0.05) is 23.2 Å². The fraction of sp³-hybridized carbons (Fsp3) is 0.0833. The predicted molar refractivity (Wildman–Crippen MR) is 88.8 cm³/mol. The molecule has 4 nitrogen and oxygen atoms in total. The monoisotopic (exact) mass is 308 g/mol. The number of nitrogens with one attached hydrogen (secondary N) is 1. The Morgan fingerprint density at radius 3 is 2.95 bits per heavy atom. The molecule has 2 rings (SSSR count). The van der Waals surface area contributed by atoms with Gasteiger partial charge in [-0.15, -0.1) is 5.10 Å². The van der Waals surface area contributed by atoms with Crippen molar-refractivity contribution in [1.82, 2.24) is 9.11 Å². The van der Waals surface area contributed by atoms with Gasteiger partial charge in [-0.3, -0.25) is 4.98 Å². The number of benzene rings is 1. The first-order chi connectivity index (χ1) is 9.35. The van der Waals surface area contributed by atoms with Gasteiger partial charge in [0.2, 0.25) is 0 Å². The number of fused-ring (bicyclic) bond motifs is 1. The van der Waals surface area contributed by atoms with Gasteiger partial charge in [0.25, 0.3) is 0 Å². The van der Waals surface area contributed by atoms with E-state index >= 15 is 0 Å². The van der Waals surface area contributed by atoms with Gasteiger partial charge in [0.05, 0.1) is 5.52 Å². The summed E-state index contributed by atoms with van der Waals surface area (Å²) in [6.07, 6.45) is 3.76. The largest absolute Gasteiger partial charge is 0.256 e. The summed E-state index contributed by atoms with van der Waals surface area (Å²) < 4.78 is 3.87. The van der Waals surface area contributed by atoms with Crippen LogP contribution in [-0.4, -0.2) is 22.3 Å². The van der Waals surface area contributed by atoms with Crippen LogP contribution in [0.25, 0.3) is 10.9 Å². The van der Waals surface area contributed by atoms with E-state index in [2.05, 4.69) is 32.1 Å². The Balaban J connectivity index is 2.28. The molecule has 0 fully saturated rings. The van der Waals surface area contributed by atoms with Gasteiger partial charge in [-0.1, -0.05) is 41.9 Å². The maximum atomic E-state index is 4.34. The van der Waals surface area contributed by atoms with Crippen LogP contribution in [0.2, 0.25) is 0 Å². The number of hydrogen-bond acceptors (Lipinski definition) is 7. The third kappa shape index (κ3) is 3.97. The first-order valence-electron chi connectivity index (χ1n) is 5.35. The molecule has 0 radical (unpaired) electrons. The van der Waals surface area contributed by atoms with Crippen LogP contribution in [0.3, 0.4) is 0 Å². The van der Waals surface area contributed by atoms with E-state index < -0.39 is 0 Å². The number of hydrogen-bond donors (Lipinski definition) is 1. The zero-order valence-corrected chi connectivity index (χ0v) is 12.7. The molecule has 0 spiro atoms. The Kier molecular flexibility index (Phi) is 5.71. The molecule has 1 aromatic carbocycles. The smallest absolute Gasteiger partial charge is 0.173 e. The van der Waals surface area contributed by atoms with Gasteiger partial charge in [0.1, 0.15) is 0 Å².